The number of nitrogens with one attached hydrogen (secondary N) is 2. The monoisotopic (exact) mass is 430 g/mol. The molecule has 0 aliphatic heterocycles. The maximum atomic E-state index is 12.5. The summed E-state index contributed by atoms with van der Waals surface area (Å²) in [5, 5.41) is 3.21. The van der Waals surface area contributed by atoms with Gasteiger partial charge in [-0.15, -0.1) is 0 Å². The van der Waals surface area contributed by atoms with Crippen LogP contribution in [0.2, 0.25) is 10.0 Å². The fraction of sp³-hybridized carbons (Fsp3) is 0.278. The van der Waals surface area contributed by atoms with Crippen LogP contribution >= 0.6 is 23.2 Å². The highest BCUT2D eigenvalue weighted by molar-refractivity contribution is 7.89. The average molecular weight is 431 g/mol. The summed E-state index contributed by atoms with van der Waals surface area (Å²) in [4.78, 5) is 12.5. The number of carbonyl (C=O) groups excluding carboxylic acids is 1. The molecule has 0 bridgehead atoms. The molecule has 0 saturated heterocycles. The fourth-order valence-electron chi connectivity index (χ4n) is 2.17. The van der Waals surface area contributed by atoms with Crippen molar-refractivity contribution in [2.75, 3.05) is 19.0 Å². The highest BCUT2D eigenvalue weighted by atomic mass is 35.5. The normalized spacial score (nSPS) is 11.5. The number of methoxy groups -OCH3 is 1. The number of hydrogen-bond acceptors (Lipinski definition) is 4. The Bertz CT molecular complexity index is 946. The standard InChI is InChI=1S/C18H20Cl2N2O4S/c1-11(2)10-21-27(24,25)13-5-7-17(26-3)16(9-13)22-18(23)14-6-4-12(19)8-15(14)20/h4-9,11,21H,10H2,1-3H3,(H,22,23). The minimum Gasteiger partial charge on any atom is -0.495 e. The summed E-state index contributed by atoms with van der Waals surface area (Å²) in [6, 6.07) is 8.69. The quantitative estimate of drug-likeness (QED) is 0.689. The van der Waals surface area contributed by atoms with Crippen molar-refractivity contribution < 1.29 is 17.9 Å². The smallest absolute Gasteiger partial charge is 0.257 e. The van der Waals surface area contributed by atoms with Crippen LogP contribution in [0.5, 0.6) is 5.75 Å². The first-order chi connectivity index (χ1) is 12.6. The molecule has 0 atom stereocenters. The number of amides is 1. The molecule has 2 aromatic carbocycles. The summed E-state index contributed by atoms with van der Waals surface area (Å²) >= 11 is 11.9. The van der Waals surface area contributed by atoms with E-state index < -0.39 is 15.9 Å². The topological polar surface area (TPSA) is 84.5 Å². The van der Waals surface area contributed by atoms with E-state index in [4.69, 9.17) is 27.9 Å². The molecule has 0 heterocycles. The van der Waals surface area contributed by atoms with E-state index in [2.05, 4.69) is 10.0 Å². The zero-order valence-corrected chi connectivity index (χ0v) is 17.4. The first-order valence-corrected chi connectivity index (χ1v) is 10.3. The van der Waals surface area contributed by atoms with Gasteiger partial charge in [-0.1, -0.05) is 37.0 Å². The SMILES string of the molecule is COc1ccc(S(=O)(=O)NCC(C)C)cc1NC(=O)c1ccc(Cl)cc1Cl. The number of sulfonamides is 1. The zero-order chi connectivity index (χ0) is 20.2. The Labute approximate surface area is 168 Å². The lowest BCUT2D eigenvalue weighted by Gasteiger charge is -2.14. The summed E-state index contributed by atoms with van der Waals surface area (Å²) in [6.07, 6.45) is 0. The number of anilines is 1. The molecule has 0 radical (unpaired) electrons. The number of hydrogen-bond donors (Lipinski definition) is 2. The molecule has 0 unspecified atom stereocenters. The van der Waals surface area contributed by atoms with Crippen LogP contribution in [0.25, 0.3) is 0 Å². The van der Waals surface area contributed by atoms with E-state index in [1.54, 1.807) is 0 Å². The van der Waals surface area contributed by atoms with Gasteiger partial charge in [-0.25, -0.2) is 13.1 Å². The molecule has 0 aliphatic rings. The Morgan fingerprint density at radius 1 is 1.15 bits per heavy atom. The molecule has 0 aromatic heterocycles. The molecular weight excluding hydrogens is 411 g/mol. The first-order valence-electron chi connectivity index (χ1n) is 8.08. The molecule has 2 N–H and O–H groups in total. The third kappa shape index (κ3) is 5.59. The Kier molecular flexibility index (Phi) is 7.11. The maximum absolute atomic E-state index is 12.5. The van der Waals surface area contributed by atoms with Crippen LogP contribution < -0.4 is 14.8 Å². The molecule has 0 spiro atoms. The van der Waals surface area contributed by atoms with Gasteiger partial charge in [0.1, 0.15) is 5.75 Å². The van der Waals surface area contributed by atoms with Crippen molar-refractivity contribution in [3.05, 3.63) is 52.0 Å². The minimum absolute atomic E-state index is 0.0152. The summed E-state index contributed by atoms with van der Waals surface area (Å²) in [5.41, 5.74) is 0.412. The molecule has 146 valence electrons. The first kappa shape index (κ1) is 21.5. The van der Waals surface area contributed by atoms with Crippen LogP contribution in [-0.2, 0) is 10.0 Å². The Balaban J connectivity index is 2.34. The van der Waals surface area contributed by atoms with E-state index in [1.165, 1.54) is 43.5 Å². The van der Waals surface area contributed by atoms with Crippen LogP contribution in [-0.4, -0.2) is 28.0 Å². The van der Waals surface area contributed by atoms with Crippen LogP contribution in [0.4, 0.5) is 5.69 Å². The van der Waals surface area contributed by atoms with Gasteiger partial charge in [0.05, 0.1) is 28.3 Å². The van der Waals surface area contributed by atoms with Crippen molar-refractivity contribution in [1.82, 2.24) is 4.72 Å². The highest BCUT2D eigenvalue weighted by Crippen LogP contribution is 2.29. The number of ether oxygens (including phenoxy) is 1. The predicted octanol–water partition coefficient (Wildman–Crippen LogP) is 4.19. The van der Waals surface area contributed by atoms with Crippen molar-refractivity contribution in [2.24, 2.45) is 5.92 Å². The van der Waals surface area contributed by atoms with Gasteiger partial charge < -0.3 is 10.1 Å². The average Bonchev–Trinajstić information content (AvgIpc) is 2.59. The van der Waals surface area contributed by atoms with E-state index in [9.17, 15) is 13.2 Å². The molecule has 0 aliphatic carbocycles. The van der Waals surface area contributed by atoms with E-state index >= 15 is 0 Å². The van der Waals surface area contributed by atoms with E-state index in [0.717, 1.165) is 0 Å². The van der Waals surface area contributed by atoms with E-state index in [0.29, 0.717) is 17.3 Å². The molecule has 2 rings (SSSR count). The molecule has 27 heavy (non-hydrogen) atoms. The van der Waals surface area contributed by atoms with Crippen molar-refractivity contribution in [2.45, 2.75) is 18.7 Å². The van der Waals surface area contributed by atoms with Crippen LogP contribution in [0.15, 0.2) is 41.3 Å². The Hall–Kier alpha value is -1.80. The molecule has 9 heteroatoms. The summed E-state index contributed by atoms with van der Waals surface area (Å²) in [6.45, 7) is 4.10. The molecule has 0 saturated carbocycles. The molecule has 0 fully saturated rings. The van der Waals surface area contributed by atoms with Crippen LogP contribution in [0.3, 0.4) is 0 Å². The maximum Gasteiger partial charge on any atom is 0.257 e. The van der Waals surface area contributed by atoms with E-state index in [-0.39, 0.29) is 27.1 Å². The third-order valence-corrected chi connectivity index (χ3v) is 5.56. The van der Waals surface area contributed by atoms with Gasteiger partial charge in [0, 0.05) is 11.6 Å². The second-order valence-electron chi connectivity index (χ2n) is 6.19. The summed E-state index contributed by atoms with van der Waals surface area (Å²) in [5.74, 6) is -0.0415. The lowest BCUT2D eigenvalue weighted by atomic mass is 10.2. The zero-order valence-electron chi connectivity index (χ0n) is 15.0. The third-order valence-electron chi connectivity index (χ3n) is 3.59. The number of carbonyl (C=O) groups is 1. The van der Waals surface area contributed by atoms with Crippen molar-refractivity contribution in [3.8, 4) is 5.75 Å². The number of benzene rings is 2. The van der Waals surface area contributed by atoms with Crippen LogP contribution in [0, 0.1) is 5.92 Å². The van der Waals surface area contributed by atoms with Gasteiger partial charge in [0.25, 0.3) is 5.91 Å². The van der Waals surface area contributed by atoms with Crippen molar-refractivity contribution in [3.63, 3.8) is 0 Å². The summed E-state index contributed by atoms with van der Waals surface area (Å²) in [7, 11) is -2.30. The number of rotatable bonds is 7. The molecule has 2 aromatic rings. The minimum atomic E-state index is -3.72. The Morgan fingerprint density at radius 3 is 2.44 bits per heavy atom. The van der Waals surface area contributed by atoms with Gasteiger partial charge in [-0.3, -0.25) is 4.79 Å². The molecular formula is C18H20Cl2N2O4S. The van der Waals surface area contributed by atoms with Gasteiger partial charge >= 0.3 is 0 Å². The van der Waals surface area contributed by atoms with Gasteiger partial charge in [0.2, 0.25) is 10.0 Å². The second kappa shape index (κ2) is 8.93. The van der Waals surface area contributed by atoms with Crippen molar-refractivity contribution >= 4 is 44.8 Å². The van der Waals surface area contributed by atoms with Crippen LogP contribution in [0.1, 0.15) is 24.2 Å². The lowest BCUT2D eigenvalue weighted by molar-refractivity contribution is 0.102. The van der Waals surface area contributed by atoms with Gasteiger partial charge in [-0.05, 0) is 42.3 Å². The van der Waals surface area contributed by atoms with Gasteiger partial charge in [0.15, 0.2) is 0 Å². The predicted molar refractivity (Wildman–Crippen MR) is 107 cm³/mol. The molecule has 1 amide bonds. The molecule has 6 nitrogen and oxygen atoms in total. The van der Waals surface area contributed by atoms with Gasteiger partial charge in [-0.2, -0.15) is 0 Å². The van der Waals surface area contributed by atoms with Crippen molar-refractivity contribution in [1.29, 1.82) is 0 Å². The number of halogens is 2. The van der Waals surface area contributed by atoms with E-state index in [1.807, 2.05) is 13.8 Å². The Morgan fingerprint density at radius 2 is 1.85 bits per heavy atom. The second-order valence-corrected chi connectivity index (χ2v) is 8.80. The fourth-order valence-corrected chi connectivity index (χ4v) is 3.91. The lowest BCUT2D eigenvalue weighted by Crippen LogP contribution is -2.27. The largest absolute Gasteiger partial charge is 0.495 e. The highest BCUT2D eigenvalue weighted by Gasteiger charge is 2.19. The summed E-state index contributed by atoms with van der Waals surface area (Å²) < 4.78 is 32.6.